The Morgan fingerprint density at radius 2 is 2.27 bits per heavy atom. The summed E-state index contributed by atoms with van der Waals surface area (Å²) in [7, 11) is 0. The van der Waals surface area contributed by atoms with Crippen molar-refractivity contribution in [2.24, 2.45) is 4.99 Å². The van der Waals surface area contributed by atoms with E-state index in [1.54, 1.807) is 17.4 Å². The van der Waals surface area contributed by atoms with E-state index in [0.717, 1.165) is 30.9 Å². The minimum Gasteiger partial charge on any atom is -0.317 e. The number of thiophene rings is 1. The Balaban J connectivity index is 1.99. The van der Waals surface area contributed by atoms with Crippen molar-refractivity contribution >= 4 is 60.8 Å². The molecule has 1 aromatic carbocycles. The third-order valence-electron chi connectivity index (χ3n) is 3.10. The second kappa shape index (κ2) is 6.73. The molecule has 1 amide bonds. The number of rotatable bonds is 3. The van der Waals surface area contributed by atoms with Crippen LogP contribution in [0.2, 0.25) is 0 Å². The minimum absolute atomic E-state index is 0.235. The van der Waals surface area contributed by atoms with Crippen molar-refractivity contribution in [3.63, 3.8) is 0 Å². The Kier molecular flexibility index (Phi) is 4.71. The van der Waals surface area contributed by atoms with Crippen molar-refractivity contribution < 1.29 is 4.79 Å². The zero-order chi connectivity index (χ0) is 15.5. The molecule has 22 heavy (non-hydrogen) atoms. The number of aryl methyl sites for hydroxylation is 1. The first-order valence-electron chi connectivity index (χ1n) is 6.76. The third kappa shape index (κ3) is 3.29. The highest BCUT2D eigenvalue weighted by Crippen LogP contribution is 2.22. The van der Waals surface area contributed by atoms with Crippen molar-refractivity contribution in [3.8, 4) is 0 Å². The Morgan fingerprint density at radius 3 is 3.00 bits per heavy atom. The lowest BCUT2D eigenvalue weighted by Gasteiger charge is -1.99. The molecule has 2 aromatic heterocycles. The smallest absolute Gasteiger partial charge is 0.272 e. The standard InChI is InChI=1S/C16H13BrN2OS2/c1-2-19-13-7-5-11(17)10-14(13)22-16(19)18-15(20)8-6-12-4-3-9-21-12/h3-10H,2H2,1H3/b8-6+,18-16?. The molecule has 6 heteroatoms. The first-order chi connectivity index (χ1) is 10.7. The molecule has 0 spiro atoms. The van der Waals surface area contributed by atoms with Crippen molar-refractivity contribution in [2.45, 2.75) is 13.5 Å². The van der Waals surface area contributed by atoms with Gasteiger partial charge in [0, 0.05) is 22.0 Å². The van der Waals surface area contributed by atoms with Gasteiger partial charge in [-0.2, -0.15) is 4.99 Å². The number of hydrogen-bond acceptors (Lipinski definition) is 3. The van der Waals surface area contributed by atoms with Crippen LogP contribution < -0.4 is 4.80 Å². The fourth-order valence-electron chi connectivity index (χ4n) is 2.11. The number of amides is 1. The lowest BCUT2D eigenvalue weighted by molar-refractivity contribution is -0.113. The molecule has 0 saturated carbocycles. The molecular formula is C16H13BrN2OS2. The number of halogens is 1. The maximum absolute atomic E-state index is 12.1. The molecule has 0 fully saturated rings. The second-order valence-corrected chi connectivity index (χ2v) is 7.44. The van der Waals surface area contributed by atoms with Gasteiger partial charge < -0.3 is 4.57 Å². The largest absolute Gasteiger partial charge is 0.317 e. The fraction of sp³-hybridized carbons (Fsp3) is 0.125. The summed E-state index contributed by atoms with van der Waals surface area (Å²) < 4.78 is 4.20. The van der Waals surface area contributed by atoms with Crippen LogP contribution in [-0.4, -0.2) is 10.5 Å². The lowest BCUT2D eigenvalue weighted by Crippen LogP contribution is -2.15. The first-order valence-corrected chi connectivity index (χ1v) is 9.25. The van der Waals surface area contributed by atoms with Gasteiger partial charge in [-0.25, -0.2) is 0 Å². The third-order valence-corrected chi connectivity index (χ3v) is 5.47. The molecule has 0 aliphatic rings. The first kappa shape index (κ1) is 15.4. The van der Waals surface area contributed by atoms with Crippen molar-refractivity contribution in [2.75, 3.05) is 0 Å². The molecule has 0 unspecified atom stereocenters. The number of benzene rings is 1. The maximum atomic E-state index is 12.1. The molecule has 0 saturated heterocycles. The molecule has 0 N–H and O–H groups in total. The predicted molar refractivity (Wildman–Crippen MR) is 97.1 cm³/mol. The summed E-state index contributed by atoms with van der Waals surface area (Å²) in [6, 6.07) is 10.0. The van der Waals surface area contributed by atoms with E-state index in [1.807, 2.05) is 29.6 Å². The van der Waals surface area contributed by atoms with E-state index < -0.39 is 0 Å². The number of fused-ring (bicyclic) bond motifs is 1. The van der Waals surface area contributed by atoms with Gasteiger partial charge in [0.05, 0.1) is 10.2 Å². The lowest BCUT2D eigenvalue weighted by atomic mass is 10.3. The molecular weight excluding hydrogens is 380 g/mol. The molecule has 0 aliphatic carbocycles. The zero-order valence-corrected chi connectivity index (χ0v) is 15.0. The molecule has 0 radical (unpaired) electrons. The van der Waals surface area contributed by atoms with Gasteiger partial charge in [0.2, 0.25) is 0 Å². The summed E-state index contributed by atoms with van der Waals surface area (Å²) in [6.07, 6.45) is 3.32. The average molecular weight is 393 g/mol. The van der Waals surface area contributed by atoms with Crippen LogP contribution in [0.4, 0.5) is 0 Å². The van der Waals surface area contributed by atoms with Crippen LogP contribution in [-0.2, 0) is 11.3 Å². The monoisotopic (exact) mass is 392 g/mol. The van der Waals surface area contributed by atoms with E-state index in [2.05, 4.69) is 38.5 Å². The van der Waals surface area contributed by atoms with Gasteiger partial charge in [0.25, 0.3) is 5.91 Å². The zero-order valence-electron chi connectivity index (χ0n) is 11.8. The highest BCUT2D eigenvalue weighted by Gasteiger charge is 2.06. The van der Waals surface area contributed by atoms with Crippen LogP contribution in [0.25, 0.3) is 16.3 Å². The van der Waals surface area contributed by atoms with Crippen LogP contribution in [0.1, 0.15) is 11.8 Å². The van der Waals surface area contributed by atoms with Crippen LogP contribution in [0, 0.1) is 0 Å². The molecule has 2 heterocycles. The van der Waals surface area contributed by atoms with Crippen LogP contribution in [0.5, 0.6) is 0 Å². The van der Waals surface area contributed by atoms with E-state index in [9.17, 15) is 4.79 Å². The normalized spacial score (nSPS) is 12.5. The molecule has 3 aromatic rings. The fourth-order valence-corrected chi connectivity index (χ4v) is 4.38. The molecule has 0 atom stereocenters. The van der Waals surface area contributed by atoms with Gasteiger partial charge in [-0.05, 0) is 42.6 Å². The van der Waals surface area contributed by atoms with E-state index in [-0.39, 0.29) is 5.91 Å². The Labute approximate surface area is 144 Å². The van der Waals surface area contributed by atoms with Crippen LogP contribution in [0.15, 0.2) is 51.3 Å². The van der Waals surface area contributed by atoms with Gasteiger partial charge in [0.1, 0.15) is 0 Å². The number of carbonyl (C=O) groups excluding carboxylic acids is 1. The summed E-state index contributed by atoms with van der Waals surface area (Å²) in [5, 5.41) is 1.98. The summed E-state index contributed by atoms with van der Waals surface area (Å²) >= 11 is 6.60. The van der Waals surface area contributed by atoms with E-state index in [4.69, 9.17) is 0 Å². The molecule has 0 bridgehead atoms. The van der Waals surface area contributed by atoms with E-state index >= 15 is 0 Å². The molecule has 0 aliphatic heterocycles. The number of carbonyl (C=O) groups is 1. The Hall–Kier alpha value is -1.50. The SMILES string of the molecule is CCn1c(=NC(=O)/C=C/c2cccs2)sc2cc(Br)ccc21. The Bertz CT molecular complexity index is 904. The maximum Gasteiger partial charge on any atom is 0.272 e. The van der Waals surface area contributed by atoms with Gasteiger partial charge >= 0.3 is 0 Å². The van der Waals surface area contributed by atoms with E-state index in [1.165, 1.54) is 17.4 Å². The van der Waals surface area contributed by atoms with Gasteiger partial charge in [-0.1, -0.05) is 33.3 Å². The highest BCUT2D eigenvalue weighted by atomic mass is 79.9. The number of aromatic nitrogens is 1. The molecule has 3 rings (SSSR count). The molecule has 112 valence electrons. The minimum atomic E-state index is -0.235. The van der Waals surface area contributed by atoms with Gasteiger partial charge in [-0.15, -0.1) is 11.3 Å². The average Bonchev–Trinajstić information content (AvgIpc) is 3.11. The summed E-state index contributed by atoms with van der Waals surface area (Å²) in [6.45, 7) is 2.83. The van der Waals surface area contributed by atoms with Crippen molar-refractivity contribution in [1.29, 1.82) is 0 Å². The quantitative estimate of drug-likeness (QED) is 0.595. The topological polar surface area (TPSA) is 34.4 Å². The molecule has 3 nitrogen and oxygen atoms in total. The second-order valence-electron chi connectivity index (χ2n) is 4.54. The highest BCUT2D eigenvalue weighted by molar-refractivity contribution is 9.10. The van der Waals surface area contributed by atoms with Crippen LogP contribution in [0.3, 0.4) is 0 Å². The van der Waals surface area contributed by atoms with Crippen molar-refractivity contribution in [1.82, 2.24) is 4.57 Å². The number of hydrogen-bond donors (Lipinski definition) is 0. The number of nitrogens with zero attached hydrogens (tertiary/aromatic N) is 2. The summed E-state index contributed by atoms with van der Waals surface area (Å²) in [4.78, 5) is 18.1. The Morgan fingerprint density at radius 1 is 1.41 bits per heavy atom. The van der Waals surface area contributed by atoms with E-state index in [0.29, 0.717) is 0 Å². The predicted octanol–water partition coefficient (Wildman–Crippen LogP) is 4.69. The number of thiazole rings is 1. The summed E-state index contributed by atoms with van der Waals surface area (Å²) in [5.41, 5.74) is 1.10. The van der Waals surface area contributed by atoms with Gasteiger partial charge in [0.15, 0.2) is 4.80 Å². The van der Waals surface area contributed by atoms with Crippen LogP contribution >= 0.6 is 38.6 Å². The summed E-state index contributed by atoms with van der Waals surface area (Å²) in [5.74, 6) is -0.235. The van der Waals surface area contributed by atoms with Gasteiger partial charge in [-0.3, -0.25) is 4.79 Å². The van der Waals surface area contributed by atoms with Crippen molar-refractivity contribution in [3.05, 3.63) is 55.9 Å².